The first kappa shape index (κ1) is 10.4. The van der Waals surface area contributed by atoms with Crippen molar-refractivity contribution in [1.82, 2.24) is 0 Å². The van der Waals surface area contributed by atoms with Crippen LogP contribution in [0.25, 0.3) is 0 Å². The van der Waals surface area contributed by atoms with Crippen molar-refractivity contribution in [2.24, 2.45) is 0 Å². The smallest absolute Gasteiger partial charge is 0.101 e. The largest absolute Gasteiger partial charge is 0.192 e. The molecule has 0 aliphatic heterocycles. The van der Waals surface area contributed by atoms with Crippen LogP contribution in [0, 0.1) is 11.3 Å². The van der Waals surface area contributed by atoms with E-state index in [0.717, 1.165) is 17.1 Å². The summed E-state index contributed by atoms with van der Waals surface area (Å²) in [5.41, 5.74) is 0.544. The van der Waals surface area contributed by atoms with Crippen LogP contribution in [-0.2, 0) is 0 Å². The van der Waals surface area contributed by atoms with Crippen molar-refractivity contribution in [3.8, 4) is 6.07 Å². The summed E-state index contributed by atoms with van der Waals surface area (Å²) in [6.45, 7) is 2.14. The van der Waals surface area contributed by atoms with Gasteiger partial charge >= 0.3 is 0 Å². The Bertz CT molecular complexity index is 330. The Morgan fingerprint density at radius 3 is 2.85 bits per heavy atom. The zero-order valence-corrected chi connectivity index (χ0v) is 8.95. The molecule has 0 N–H and O–H groups in total. The van der Waals surface area contributed by atoms with Gasteiger partial charge in [0.15, 0.2) is 0 Å². The lowest BCUT2D eigenvalue weighted by Crippen LogP contribution is -1.80. The van der Waals surface area contributed by atoms with Gasteiger partial charge in [-0.3, -0.25) is 0 Å². The third-order valence-corrected chi connectivity index (χ3v) is 3.05. The first-order valence-corrected chi connectivity index (χ1v) is 5.46. The van der Waals surface area contributed by atoms with Gasteiger partial charge in [-0.25, -0.2) is 0 Å². The van der Waals surface area contributed by atoms with Gasteiger partial charge in [0.1, 0.15) is 6.07 Å². The number of hydrogen-bond donors (Lipinski definition) is 0. The highest BCUT2D eigenvalue weighted by Gasteiger charge is 2.00. The fourth-order valence-corrected chi connectivity index (χ4v) is 1.99. The highest BCUT2D eigenvalue weighted by Crippen LogP contribution is 2.24. The average Bonchev–Trinajstić information content (AvgIpc) is 2.15. The van der Waals surface area contributed by atoms with E-state index >= 15 is 0 Å². The minimum Gasteiger partial charge on any atom is -0.192 e. The fraction of sp³-hybridized carbons (Fsp3) is 0.300. The summed E-state index contributed by atoms with van der Waals surface area (Å²) < 4.78 is 0. The number of hydrogen-bond acceptors (Lipinski definition) is 2. The molecule has 0 amide bonds. The second-order valence-electron chi connectivity index (χ2n) is 2.60. The standard InChI is InChI=1S/C10H10ClNS/c1-2-5-13-9-4-3-8(7-12)10(11)6-9/h3-4,6H,2,5H2,1H3. The summed E-state index contributed by atoms with van der Waals surface area (Å²) in [7, 11) is 0. The molecule has 0 aliphatic rings. The first-order valence-electron chi connectivity index (χ1n) is 4.10. The predicted molar refractivity (Wildman–Crippen MR) is 57.2 cm³/mol. The molecule has 1 aromatic rings. The van der Waals surface area contributed by atoms with Gasteiger partial charge in [-0.15, -0.1) is 11.8 Å². The molecule has 0 radical (unpaired) electrons. The third-order valence-electron chi connectivity index (χ3n) is 1.53. The molecule has 1 aromatic carbocycles. The maximum Gasteiger partial charge on any atom is 0.101 e. The van der Waals surface area contributed by atoms with Gasteiger partial charge in [0.2, 0.25) is 0 Å². The summed E-state index contributed by atoms with van der Waals surface area (Å²) in [6, 6.07) is 7.58. The van der Waals surface area contributed by atoms with Crippen LogP contribution in [0.5, 0.6) is 0 Å². The lowest BCUT2D eigenvalue weighted by atomic mass is 10.2. The molecule has 0 fully saturated rings. The average molecular weight is 212 g/mol. The van der Waals surface area contributed by atoms with Crippen LogP contribution in [0.2, 0.25) is 5.02 Å². The molecule has 13 heavy (non-hydrogen) atoms. The Kier molecular flexibility index (Phi) is 4.14. The Balaban J connectivity index is 2.79. The van der Waals surface area contributed by atoms with E-state index in [-0.39, 0.29) is 0 Å². The maximum atomic E-state index is 8.64. The van der Waals surface area contributed by atoms with E-state index < -0.39 is 0 Å². The molecular formula is C10H10ClNS. The molecule has 0 saturated heterocycles. The quantitative estimate of drug-likeness (QED) is 0.712. The summed E-state index contributed by atoms with van der Waals surface area (Å²) in [4.78, 5) is 1.13. The van der Waals surface area contributed by atoms with Crippen molar-refractivity contribution < 1.29 is 0 Å². The number of halogens is 1. The van der Waals surface area contributed by atoms with E-state index in [1.807, 2.05) is 18.2 Å². The molecule has 0 aliphatic carbocycles. The summed E-state index contributed by atoms with van der Waals surface area (Å²) in [6.07, 6.45) is 1.14. The van der Waals surface area contributed by atoms with Crippen LogP contribution < -0.4 is 0 Å². The molecule has 1 nitrogen and oxygen atoms in total. The van der Waals surface area contributed by atoms with Crippen LogP contribution in [0.4, 0.5) is 0 Å². The molecule has 68 valence electrons. The van der Waals surface area contributed by atoms with Crippen LogP contribution in [0.15, 0.2) is 23.1 Å². The van der Waals surface area contributed by atoms with E-state index in [0.29, 0.717) is 10.6 Å². The van der Waals surface area contributed by atoms with Crippen molar-refractivity contribution in [2.45, 2.75) is 18.2 Å². The van der Waals surface area contributed by atoms with Crippen LogP contribution >= 0.6 is 23.4 Å². The van der Waals surface area contributed by atoms with Crippen molar-refractivity contribution in [1.29, 1.82) is 5.26 Å². The van der Waals surface area contributed by atoms with Crippen molar-refractivity contribution in [3.63, 3.8) is 0 Å². The summed E-state index contributed by atoms with van der Waals surface area (Å²) in [5, 5.41) is 9.19. The maximum absolute atomic E-state index is 8.64. The Labute approximate surface area is 87.7 Å². The molecule has 0 atom stereocenters. The molecule has 0 aromatic heterocycles. The van der Waals surface area contributed by atoms with E-state index in [9.17, 15) is 0 Å². The highest BCUT2D eigenvalue weighted by atomic mass is 35.5. The van der Waals surface area contributed by atoms with Gasteiger partial charge in [0.25, 0.3) is 0 Å². The fourth-order valence-electron chi connectivity index (χ4n) is 0.896. The molecule has 3 heteroatoms. The molecule has 0 saturated carbocycles. The second kappa shape index (κ2) is 5.16. The molecule has 0 spiro atoms. The van der Waals surface area contributed by atoms with Gasteiger partial charge in [0.05, 0.1) is 10.6 Å². The Hall–Kier alpha value is -0.650. The lowest BCUT2D eigenvalue weighted by Gasteiger charge is -2.00. The van der Waals surface area contributed by atoms with Gasteiger partial charge in [-0.05, 0) is 30.4 Å². The molecule has 0 heterocycles. The molecule has 0 unspecified atom stereocenters. The van der Waals surface area contributed by atoms with E-state index in [1.54, 1.807) is 17.8 Å². The van der Waals surface area contributed by atoms with Gasteiger partial charge in [0, 0.05) is 4.90 Å². The third kappa shape index (κ3) is 2.95. The normalized spacial score (nSPS) is 9.62. The van der Waals surface area contributed by atoms with Gasteiger partial charge in [-0.2, -0.15) is 5.26 Å². The van der Waals surface area contributed by atoms with E-state index in [2.05, 4.69) is 6.92 Å². The van der Waals surface area contributed by atoms with Crippen LogP contribution in [0.3, 0.4) is 0 Å². The van der Waals surface area contributed by atoms with Crippen LogP contribution in [-0.4, -0.2) is 5.75 Å². The van der Waals surface area contributed by atoms with Crippen molar-refractivity contribution in [3.05, 3.63) is 28.8 Å². The number of rotatable bonds is 3. The van der Waals surface area contributed by atoms with Crippen LogP contribution in [0.1, 0.15) is 18.9 Å². The molecular weight excluding hydrogens is 202 g/mol. The zero-order chi connectivity index (χ0) is 9.68. The van der Waals surface area contributed by atoms with Crippen molar-refractivity contribution >= 4 is 23.4 Å². The van der Waals surface area contributed by atoms with E-state index in [4.69, 9.17) is 16.9 Å². The molecule has 1 rings (SSSR count). The van der Waals surface area contributed by atoms with Crippen molar-refractivity contribution in [2.75, 3.05) is 5.75 Å². The van der Waals surface area contributed by atoms with E-state index in [1.165, 1.54) is 0 Å². The number of thioether (sulfide) groups is 1. The second-order valence-corrected chi connectivity index (χ2v) is 4.18. The first-order chi connectivity index (χ1) is 6.27. The van der Waals surface area contributed by atoms with Gasteiger partial charge in [-0.1, -0.05) is 18.5 Å². The number of nitriles is 1. The minimum absolute atomic E-state index is 0.544. The monoisotopic (exact) mass is 211 g/mol. The summed E-state index contributed by atoms with van der Waals surface area (Å²) in [5.74, 6) is 1.09. The van der Waals surface area contributed by atoms with Gasteiger partial charge < -0.3 is 0 Å². The lowest BCUT2D eigenvalue weighted by molar-refractivity contribution is 1.10. The number of nitrogens with zero attached hydrogens (tertiary/aromatic N) is 1. The topological polar surface area (TPSA) is 23.8 Å². The molecule has 0 bridgehead atoms. The SMILES string of the molecule is CCCSc1ccc(C#N)c(Cl)c1. The Morgan fingerprint density at radius 1 is 1.54 bits per heavy atom. The zero-order valence-electron chi connectivity index (χ0n) is 7.38. The summed E-state index contributed by atoms with van der Waals surface area (Å²) >= 11 is 7.63. The highest BCUT2D eigenvalue weighted by molar-refractivity contribution is 7.99. The number of benzene rings is 1. The minimum atomic E-state index is 0.544. The predicted octanol–water partition coefficient (Wildman–Crippen LogP) is 3.71. The Morgan fingerprint density at radius 2 is 2.31 bits per heavy atom.